The number of hydrogen-bond donors (Lipinski definition) is 0. The second-order valence-electron chi connectivity index (χ2n) is 12.3. The highest BCUT2D eigenvalue weighted by molar-refractivity contribution is 6.28. The Labute approximate surface area is 263 Å². The van der Waals surface area contributed by atoms with Crippen LogP contribution in [0.25, 0.3) is 43.4 Å². The lowest BCUT2D eigenvalue weighted by Crippen LogP contribution is -2.15. The predicted octanol–water partition coefficient (Wildman–Crippen LogP) is 11.2. The maximum absolute atomic E-state index is 6.93. The Hall–Kier alpha value is -5.40. The van der Waals surface area contributed by atoms with Crippen molar-refractivity contribution in [3.8, 4) is 16.9 Å². The first kappa shape index (κ1) is 26.0. The van der Waals surface area contributed by atoms with Crippen molar-refractivity contribution in [2.45, 2.75) is 24.4 Å². The molecule has 1 aliphatic carbocycles. The molecule has 1 aliphatic heterocycles. The largest absolute Gasteiger partial charge is 0.484 e. The Kier molecular flexibility index (Phi) is 6.16. The number of benzene rings is 7. The van der Waals surface area contributed by atoms with Crippen molar-refractivity contribution >= 4 is 32.3 Å². The van der Waals surface area contributed by atoms with Gasteiger partial charge in [0.25, 0.3) is 0 Å². The van der Waals surface area contributed by atoms with Crippen molar-refractivity contribution in [2.75, 3.05) is 0 Å². The van der Waals surface area contributed by atoms with Gasteiger partial charge in [0.05, 0.1) is 0 Å². The summed E-state index contributed by atoms with van der Waals surface area (Å²) >= 11 is 0. The van der Waals surface area contributed by atoms with Gasteiger partial charge in [0.15, 0.2) is 0 Å². The molecule has 1 heteroatoms. The highest BCUT2D eigenvalue weighted by Crippen LogP contribution is 2.53. The molecular formula is C44H32O. The molecule has 9 rings (SSSR count). The van der Waals surface area contributed by atoms with Crippen molar-refractivity contribution in [3.05, 3.63) is 186 Å². The van der Waals surface area contributed by atoms with Crippen LogP contribution >= 0.6 is 0 Å². The molecule has 1 heterocycles. The number of allylic oxidation sites excluding steroid dienone is 2. The zero-order valence-corrected chi connectivity index (χ0v) is 24.9. The fraction of sp³-hybridized carbons (Fsp3) is 0.0909. The van der Waals surface area contributed by atoms with Crippen molar-refractivity contribution in [1.82, 2.24) is 0 Å². The van der Waals surface area contributed by atoms with Gasteiger partial charge in [0.1, 0.15) is 11.9 Å². The van der Waals surface area contributed by atoms with Gasteiger partial charge in [-0.1, -0.05) is 152 Å². The topological polar surface area (TPSA) is 9.23 Å². The first-order valence-electron chi connectivity index (χ1n) is 15.9. The van der Waals surface area contributed by atoms with Gasteiger partial charge >= 0.3 is 0 Å². The molecule has 3 unspecified atom stereocenters. The summed E-state index contributed by atoms with van der Waals surface area (Å²) in [4.78, 5) is 0. The zero-order valence-electron chi connectivity index (χ0n) is 24.9. The molecule has 0 spiro atoms. The number of ether oxygens (including phenoxy) is 1. The third-order valence-corrected chi connectivity index (χ3v) is 9.78. The lowest BCUT2D eigenvalue weighted by atomic mass is 9.81. The van der Waals surface area contributed by atoms with Crippen LogP contribution < -0.4 is 4.74 Å². The molecule has 45 heavy (non-hydrogen) atoms. The number of hydrogen-bond acceptors (Lipinski definition) is 1. The Morgan fingerprint density at radius 1 is 0.533 bits per heavy atom. The van der Waals surface area contributed by atoms with Crippen molar-refractivity contribution < 1.29 is 4.74 Å². The summed E-state index contributed by atoms with van der Waals surface area (Å²) in [5.74, 6) is 1.45. The minimum absolute atomic E-state index is 0.00193. The van der Waals surface area contributed by atoms with E-state index in [2.05, 4.69) is 164 Å². The van der Waals surface area contributed by atoms with Crippen LogP contribution in [0.5, 0.6) is 5.75 Å². The van der Waals surface area contributed by atoms with E-state index >= 15 is 0 Å². The van der Waals surface area contributed by atoms with Gasteiger partial charge in [-0.3, -0.25) is 0 Å². The molecule has 1 nitrogen and oxygen atoms in total. The predicted molar refractivity (Wildman–Crippen MR) is 188 cm³/mol. The summed E-state index contributed by atoms with van der Waals surface area (Å²) in [6, 6.07) is 51.2. The zero-order chi connectivity index (χ0) is 29.7. The summed E-state index contributed by atoms with van der Waals surface area (Å²) in [6.07, 6.45) is 9.78. The second-order valence-corrected chi connectivity index (χ2v) is 12.3. The van der Waals surface area contributed by atoms with E-state index in [4.69, 9.17) is 4.74 Å². The monoisotopic (exact) mass is 576 g/mol. The average Bonchev–Trinajstić information content (AvgIpc) is 3.51. The molecule has 3 atom stereocenters. The van der Waals surface area contributed by atoms with Crippen LogP contribution in [0.15, 0.2) is 164 Å². The Morgan fingerprint density at radius 2 is 1.16 bits per heavy atom. The summed E-state index contributed by atoms with van der Waals surface area (Å²) in [7, 11) is 0. The summed E-state index contributed by atoms with van der Waals surface area (Å²) in [6.45, 7) is 0. The summed E-state index contributed by atoms with van der Waals surface area (Å²) in [5.41, 5.74) is 7.81. The van der Waals surface area contributed by atoms with Crippen LogP contribution in [0.2, 0.25) is 0 Å². The van der Waals surface area contributed by atoms with Gasteiger partial charge in [-0.2, -0.15) is 0 Å². The van der Waals surface area contributed by atoms with Gasteiger partial charge in [-0.05, 0) is 73.3 Å². The lowest BCUT2D eigenvalue weighted by molar-refractivity contribution is 0.271. The van der Waals surface area contributed by atoms with Gasteiger partial charge < -0.3 is 4.74 Å². The first-order chi connectivity index (χ1) is 22.3. The lowest BCUT2D eigenvalue weighted by Gasteiger charge is -2.21. The van der Waals surface area contributed by atoms with E-state index < -0.39 is 0 Å². The molecular weight excluding hydrogens is 544 g/mol. The molecule has 0 saturated heterocycles. The van der Waals surface area contributed by atoms with E-state index in [1.54, 1.807) is 0 Å². The third kappa shape index (κ3) is 4.30. The quantitative estimate of drug-likeness (QED) is 0.185. The molecule has 0 fully saturated rings. The molecule has 2 aliphatic rings. The smallest absolute Gasteiger partial charge is 0.133 e. The molecule has 0 saturated carbocycles. The SMILES string of the molecule is C1=CC2Oc3c(c(-c4cccc(C(Cc5ccccc5)c5ccccc5)c4)cc4c5ccccc5c5ccccc5c34)C2C=C1. The second kappa shape index (κ2) is 10.6. The van der Waals surface area contributed by atoms with E-state index in [0.717, 1.165) is 12.2 Å². The minimum atomic E-state index is -0.00193. The van der Waals surface area contributed by atoms with E-state index in [0.29, 0.717) is 0 Å². The van der Waals surface area contributed by atoms with E-state index in [1.807, 2.05) is 0 Å². The fourth-order valence-corrected chi connectivity index (χ4v) is 7.72. The highest BCUT2D eigenvalue weighted by atomic mass is 16.5. The minimum Gasteiger partial charge on any atom is -0.484 e. The molecule has 0 radical (unpaired) electrons. The van der Waals surface area contributed by atoms with E-state index in [9.17, 15) is 0 Å². The normalized spacial score (nSPS) is 17.3. The van der Waals surface area contributed by atoms with Crippen LogP contribution in [0.4, 0.5) is 0 Å². The molecule has 0 N–H and O–H groups in total. The van der Waals surface area contributed by atoms with Gasteiger partial charge in [-0.15, -0.1) is 0 Å². The summed E-state index contributed by atoms with van der Waals surface area (Å²) in [5, 5.41) is 7.54. The maximum Gasteiger partial charge on any atom is 0.133 e. The highest BCUT2D eigenvalue weighted by Gasteiger charge is 2.37. The Balaban J connectivity index is 1.31. The standard InChI is InChI=1S/C44H32O/c1-3-14-29(15-4-1)26-38(30-16-5-2-6-17-30)31-18-13-19-32(27-31)39-28-40-35-22-8-7-20-33(35)34-21-9-10-23-36(34)42(40)44-43(39)37-24-11-12-25-41(37)45-44/h1-25,27-28,37-38,41H,26H2. The van der Waals surface area contributed by atoms with E-state index in [1.165, 1.54) is 65.7 Å². The van der Waals surface area contributed by atoms with Crippen molar-refractivity contribution in [1.29, 1.82) is 0 Å². The Bertz CT molecular complexity index is 2280. The molecule has 214 valence electrons. The van der Waals surface area contributed by atoms with Gasteiger partial charge in [-0.25, -0.2) is 0 Å². The maximum atomic E-state index is 6.93. The molecule has 7 aromatic carbocycles. The number of fused-ring (bicyclic) bond motifs is 10. The van der Waals surface area contributed by atoms with Crippen LogP contribution in [-0.4, -0.2) is 6.10 Å². The molecule has 0 amide bonds. The van der Waals surface area contributed by atoms with Crippen LogP contribution in [0, 0.1) is 0 Å². The first-order valence-corrected chi connectivity index (χ1v) is 15.9. The van der Waals surface area contributed by atoms with Crippen molar-refractivity contribution in [2.24, 2.45) is 0 Å². The van der Waals surface area contributed by atoms with Crippen LogP contribution in [0.3, 0.4) is 0 Å². The van der Waals surface area contributed by atoms with Crippen LogP contribution in [0.1, 0.15) is 34.1 Å². The average molecular weight is 577 g/mol. The Morgan fingerprint density at radius 3 is 1.93 bits per heavy atom. The summed E-state index contributed by atoms with van der Waals surface area (Å²) < 4.78 is 6.93. The molecule has 0 aromatic heterocycles. The molecule has 0 bridgehead atoms. The number of rotatable bonds is 5. The van der Waals surface area contributed by atoms with Crippen molar-refractivity contribution in [3.63, 3.8) is 0 Å². The van der Waals surface area contributed by atoms with Gasteiger partial charge in [0.2, 0.25) is 0 Å². The molecule has 7 aromatic rings. The van der Waals surface area contributed by atoms with E-state index in [-0.39, 0.29) is 17.9 Å². The van der Waals surface area contributed by atoms with Crippen LogP contribution in [-0.2, 0) is 6.42 Å². The fourth-order valence-electron chi connectivity index (χ4n) is 7.72. The third-order valence-electron chi connectivity index (χ3n) is 9.78. The van der Waals surface area contributed by atoms with Gasteiger partial charge in [0, 0.05) is 22.8 Å².